The molecule has 2 nitrogen and oxygen atoms in total. The molecule has 1 atom stereocenters. The fraction of sp³-hybridized carbons (Fsp3) is 0.333. The van der Waals surface area contributed by atoms with Crippen molar-refractivity contribution in [1.82, 2.24) is 0 Å². The third kappa shape index (κ3) is 4.51. The van der Waals surface area contributed by atoms with Crippen molar-refractivity contribution in [1.29, 1.82) is 0 Å². The lowest BCUT2D eigenvalue weighted by Gasteiger charge is -2.10. The third-order valence-electron chi connectivity index (χ3n) is 2.71. The van der Waals surface area contributed by atoms with Gasteiger partial charge in [0.05, 0.1) is 12.7 Å². The summed E-state index contributed by atoms with van der Waals surface area (Å²) in [7, 11) is 0. The van der Waals surface area contributed by atoms with Crippen molar-refractivity contribution in [2.45, 2.75) is 25.4 Å². The molecule has 2 aromatic rings. The fourth-order valence-corrected chi connectivity index (χ4v) is 2.57. The van der Waals surface area contributed by atoms with Crippen molar-refractivity contribution in [2.24, 2.45) is 0 Å². The maximum Gasteiger partial charge on any atom is 0.119 e. The first kappa shape index (κ1) is 13.1. The minimum Gasteiger partial charge on any atom is -0.494 e. The van der Waals surface area contributed by atoms with Crippen LogP contribution in [0.15, 0.2) is 47.8 Å². The monoisotopic (exact) mass is 262 g/mol. The van der Waals surface area contributed by atoms with Crippen LogP contribution >= 0.6 is 11.3 Å². The summed E-state index contributed by atoms with van der Waals surface area (Å²) in [5.41, 5.74) is 0. The highest BCUT2D eigenvalue weighted by Gasteiger charge is 2.06. The largest absolute Gasteiger partial charge is 0.494 e. The van der Waals surface area contributed by atoms with E-state index >= 15 is 0 Å². The number of para-hydroxylation sites is 1. The number of aliphatic hydroxyl groups is 1. The highest BCUT2D eigenvalue weighted by atomic mass is 32.1. The van der Waals surface area contributed by atoms with E-state index < -0.39 is 0 Å². The van der Waals surface area contributed by atoms with E-state index in [0.717, 1.165) is 25.0 Å². The highest BCUT2D eigenvalue weighted by molar-refractivity contribution is 7.09. The average molecular weight is 262 g/mol. The molecule has 3 heteroatoms. The Hall–Kier alpha value is -1.32. The third-order valence-corrected chi connectivity index (χ3v) is 3.61. The van der Waals surface area contributed by atoms with E-state index in [2.05, 4.69) is 6.07 Å². The number of ether oxygens (including phenoxy) is 1. The topological polar surface area (TPSA) is 29.5 Å². The smallest absolute Gasteiger partial charge is 0.119 e. The second kappa shape index (κ2) is 7.19. The fourth-order valence-electron chi connectivity index (χ4n) is 1.79. The zero-order valence-electron chi connectivity index (χ0n) is 10.3. The molecule has 0 amide bonds. The van der Waals surface area contributed by atoms with Gasteiger partial charge in [0.25, 0.3) is 0 Å². The molecule has 2 rings (SSSR count). The van der Waals surface area contributed by atoms with Gasteiger partial charge in [-0.25, -0.2) is 0 Å². The van der Waals surface area contributed by atoms with Crippen molar-refractivity contribution in [3.63, 3.8) is 0 Å². The van der Waals surface area contributed by atoms with Crippen LogP contribution in [-0.4, -0.2) is 17.8 Å². The summed E-state index contributed by atoms with van der Waals surface area (Å²) >= 11 is 1.70. The van der Waals surface area contributed by atoms with Crippen LogP contribution in [0.4, 0.5) is 0 Å². The molecular weight excluding hydrogens is 244 g/mol. The second-order valence-electron chi connectivity index (χ2n) is 4.24. The molecule has 0 aliphatic rings. The van der Waals surface area contributed by atoms with Crippen LogP contribution in [-0.2, 0) is 6.42 Å². The van der Waals surface area contributed by atoms with Crippen molar-refractivity contribution < 1.29 is 9.84 Å². The minimum absolute atomic E-state index is 0.261. The lowest BCUT2D eigenvalue weighted by molar-refractivity contribution is 0.153. The first-order valence-electron chi connectivity index (χ1n) is 6.23. The summed E-state index contributed by atoms with van der Waals surface area (Å²) in [5, 5.41) is 11.9. The maximum absolute atomic E-state index is 9.87. The zero-order chi connectivity index (χ0) is 12.6. The van der Waals surface area contributed by atoms with Gasteiger partial charge in [-0.05, 0) is 36.4 Å². The van der Waals surface area contributed by atoms with Gasteiger partial charge in [0.2, 0.25) is 0 Å². The van der Waals surface area contributed by atoms with Crippen LogP contribution in [0.1, 0.15) is 17.7 Å². The number of hydrogen-bond donors (Lipinski definition) is 1. The SMILES string of the molecule is OC(CCCOc1ccccc1)Cc1cccs1. The summed E-state index contributed by atoms with van der Waals surface area (Å²) in [6, 6.07) is 13.9. The Bertz CT molecular complexity index is 425. The van der Waals surface area contributed by atoms with Crippen molar-refractivity contribution >= 4 is 11.3 Å². The summed E-state index contributed by atoms with van der Waals surface area (Å²) in [4.78, 5) is 1.24. The van der Waals surface area contributed by atoms with E-state index in [1.165, 1.54) is 4.88 Å². The van der Waals surface area contributed by atoms with E-state index in [9.17, 15) is 5.11 Å². The van der Waals surface area contributed by atoms with Crippen LogP contribution < -0.4 is 4.74 Å². The lowest BCUT2D eigenvalue weighted by atomic mass is 10.1. The quantitative estimate of drug-likeness (QED) is 0.774. The molecule has 0 radical (unpaired) electrons. The molecule has 1 unspecified atom stereocenters. The number of thiophene rings is 1. The van der Waals surface area contributed by atoms with E-state index in [4.69, 9.17) is 4.74 Å². The van der Waals surface area contributed by atoms with Gasteiger partial charge in [0.1, 0.15) is 5.75 Å². The molecule has 1 N–H and O–H groups in total. The van der Waals surface area contributed by atoms with Crippen molar-refractivity contribution in [3.05, 3.63) is 52.7 Å². The number of aliphatic hydroxyl groups excluding tert-OH is 1. The average Bonchev–Trinajstić information content (AvgIpc) is 2.89. The van der Waals surface area contributed by atoms with Crippen LogP contribution in [0.3, 0.4) is 0 Å². The van der Waals surface area contributed by atoms with E-state index in [-0.39, 0.29) is 6.10 Å². The predicted molar refractivity (Wildman–Crippen MR) is 75.2 cm³/mol. The Morgan fingerprint density at radius 3 is 2.67 bits per heavy atom. The standard InChI is InChI=1S/C15H18O2S/c16-13(12-15-9-5-11-18-15)6-4-10-17-14-7-2-1-3-8-14/h1-3,5,7-9,11,13,16H,4,6,10,12H2. The Kier molecular flexibility index (Phi) is 5.24. The molecule has 0 fully saturated rings. The first-order chi connectivity index (χ1) is 8.84. The van der Waals surface area contributed by atoms with Crippen LogP contribution in [0.5, 0.6) is 5.75 Å². The van der Waals surface area contributed by atoms with Crippen molar-refractivity contribution in [2.75, 3.05) is 6.61 Å². The molecule has 0 saturated carbocycles. The zero-order valence-corrected chi connectivity index (χ0v) is 11.1. The Balaban J connectivity index is 1.60. The minimum atomic E-state index is -0.261. The molecular formula is C15H18O2S. The number of hydrogen-bond acceptors (Lipinski definition) is 3. The molecule has 96 valence electrons. The predicted octanol–water partition coefficient (Wildman–Crippen LogP) is 3.51. The molecule has 0 saturated heterocycles. The number of rotatable bonds is 7. The van der Waals surface area contributed by atoms with Gasteiger partial charge in [0.15, 0.2) is 0 Å². The molecule has 1 aromatic heterocycles. The van der Waals surface area contributed by atoms with Crippen LogP contribution in [0, 0.1) is 0 Å². The van der Waals surface area contributed by atoms with E-state index in [1.807, 2.05) is 41.8 Å². The van der Waals surface area contributed by atoms with Gasteiger partial charge in [-0.3, -0.25) is 0 Å². The van der Waals surface area contributed by atoms with Crippen LogP contribution in [0.2, 0.25) is 0 Å². The van der Waals surface area contributed by atoms with E-state index in [1.54, 1.807) is 11.3 Å². The second-order valence-corrected chi connectivity index (χ2v) is 5.27. The molecule has 1 heterocycles. The normalized spacial score (nSPS) is 12.3. The molecule has 18 heavy (non-hydrogen) atoms. The number of benzene rings is 1. The van der Waals surface area contributed by atoms with Gasteiger partial charge in [0, 0.05) is 11.3 Å². The summed E-state index contributed by atoms with van der Waals surface area (Å²) in [6.07, 6.45) is 2.15. The maximum atomic E-state index is 9.87. The van der Waals surface area contributed by atoms with Gasteiger partial charge in [-0.1, -0.05) is 24.3 Å². The molecule has 0 spiro atoms. The van der Waals surface area contributed by atoms with Gasteiger partial charge in [-0.15, -0.1) is 11.3 Å². The first-order valence-corrected chi connectivity index (χ1v) is 7.11. The molecule has 1 aromatic carbocycles. The van der Waals surface area contributed by atoms with Crippen LogP contribution in [0.25, 0.3) is 0 Å². The molecule has 0 aliphatic carbocycles. The summed E-state index contributed by atoms with van der Waals surface area (Å²) in [5.74, 6) is 0.894. The molecule has 0 bridgehead atoms. The molecule has 0 aliphatic heterocycles. The summed E-state index contributed by atoms with van der Waals surface area (Å²) in [6.45, 7) is 0.658. The lowest BCUT2D eigenvalue weighted by Crippen LogP contribution is -2.11. The van der Waals surface area contributed by atoms with Crippen molar-refractivity contribution in [3.8, 4) is 5.75 Å². The Labute approximate surface area is 112 Å². The van der Waals surface area contributed by atoms with Gasteiger partial charge in [-0.2, -0.15) is 0 Å². The Morgan fingerprint density at radius 2 is 1.94 bits per heavy atom. The Morgan fingerprint density at radius 1 is 1.11 bits per heavy atom. The summed E-state index contributed by atoms with van der Waals surface area (Å²) < 4.78 is 5.58. The highest BCUT2D eigenvalue weighted by Crippen LogP contribution is 2.14. The van der Waals surface area contributed by atoms with E-state index in [0.29, 0.717) is 6.61 Å². The van der Waals surface area contributed by atoms with Gasteiger partial charge < -0.3 is 9.84 Å². The van der Waals surface area contributed by atoms with Gasteiger partial charge >= 0.3 is 0 Å².